The van der Waals surface area contributed by atoms with Crippen molar-refractivity contribution in [2.24, 2.45) is 0 Å². The highest BCUT2D eigenvalue weighted by Gasteiger charge is 2.28. The van der Waals surface area contributed by atoms with Crippen LogP contribution in [0.15, 0.2) is 52.0 Å². The van der Waals surface area contributed by atoms with Crippen LogP contribution in [0, 0.1) is 0 Å². The van der Waals surface area contributed by atoms with Gasteiger partial charge in [0.25, 0.3) is 0 Å². The predicted octanol–water partition coefficient (Wildman–Crippen LogP) is 1.64. The molecule has 1 amide bonds. The quantitative estimate of drug-likeness (QED) is 0.726. The minimum Gasteiger partial charge on any atom is -0.466 e. The SMILES string of the molecule is COC(=O)Nc1ccc(S(=O)(=O)NC[C@](C)(O)c2ccco2)cc1. The third-order valence-corrected chi connectivity index (χ3v) is 4.67. The summed E-state index contributed by atoms with van der Waals surface area (Å²) in [6, 6.07) is 8.67. The second kappa shape index (κ2) is 7.04. The first-order valence-electron chi connectivity index (χ1n) is 6.96. The van der Waals surface area contributed by atoms with Crippen molar-refractivity contribution in [1.29, 1.82) is 0 Å². The maximum atomic E-state index is 12.3. The number of carbonyl (C=O) groups is 1. The third kappa shape index (κ3) is 4.34. The van der Waals surface area contributed by atoms with E-state index in [1.165, 1.54) is 44.6 Å². The minimum atomic E-state index is -3.83. The molecule has 0 aliphatic carbocycles. The lowest BCUT2D eigenvalue weighted by Crippen LogP contribution is -2.38. The van der Waals surface area contributed by atoms with Gasteiger partial charge in [0.05, 0.1) is 18.3 Å². The van der Waals surface area contributed by atoms with E-state index in [1.807, 2.05) is 0 Å². The molecule has 2 aromatic rings. The molecule has 1 aromatic heterocycles. The fraction of sp³-hybridized carbons (Fsp3) is 0.267. The zero-order valence-corrected chi connectivity index (χ0v) is 14.0. The normalized spacial score (nSPS) is 14.0. The lowest BCUT2D eigenvalue weighted by atomic mass is 10.1. The fourth-order valence-electron chi connectivity index (χ4n) is 1.88. The van der Waals surface area contributed by atoms with Gasteiger partial charge in [0, 0.05) is 12.2 Å². The summed E-state index contributed by atoms with van der Waals surface area (Å²) in [5.41, 5.74) is -1.09. The van der Waals surface area contributed by atoms with Crippen LogP contribution in [0.4, 0.5) is 10.5 Å². The summed E-state index contributed by atoms with van der Waals surface area (Å²) < 4.78 is 36.4. The van der Waals surface area contributed by atoms with Gasteiger partial charge in [-0.25, -0.2) is 17.9 Å². The van der Waals surface area contributed by atoms with E-state index in [1.54, 1.807) is 12.1 Å². The van der Waals surface area contributed by atoms with E-state index in [2.05, 4.69) is 14.8 Å². The van der Waals surface area contributed by atoms with E-state index in [0.717, 1.165) is 0 Å². The van der Waals surface area contributed by atoms with Crippen LogP contribution in [0.5, 0.6) is 0 Å². The van der Waals surface area contributed by atoms with E-state index in [4.69, 9.17) is 4.42 Å². The summed E-state index contributed by atoms with van der Waals surface area (Å²) in [6.07, 6.45) is 0.740. The molecule has 3 N–H and O–H groups in total. The van der Waals surface area contributed by atoms with Crippen molar-refractivity contribution in [2.45, 2.75) is 17.4 Å². The average Bonchev–Trinajstić information content (AvgIpc) is 3.09. The number of carbonyl (C=O) groups excluding carboxylic acids is 1. The summed E-state index contributed by atoms with van der Waals surface area (Å²) in [5, 5.41) is 12.7. The number of amides is 1. The molecule has 0 unspecified atom stereocenters. The Morgan fingerprint density at radius 3 is 2.50 bits per heavy atom. The van der Waals surface area contributed by atoms with Crippen molar-refractivity contribution in [3.8, 4) is 0 Å². The molecule has 8 nitrogen and oxygen atoms in total. The molecule has 24 heavy (non-hydrogen) atoms. The first-order chi connectivity index (χ1) is 11.2. The molecule has 0 saturated carbocycles. The fourth-order valence-corrected chi connectivity index (χ4v) is 3.01. The lowest BCUT2D eigenvalue weighted by Gasteiger charge is -2.21. The predicted molar refractivity (Wildman–Crippen MR) is 85.9 cm³/mol. The number of hydrogen-bond donors (Lipinski definition) is 3. The second-order valence-corrected chi connectivity index (χ2v) is 6.98. The lowest BCUT2D eigenvalue weighted by molar-refractivity contribution is 0.0395. The van der Waals surface area contributed by atoms with Gasteiger partial charge in [0.2, 0.25) is 10.0 Å². The van der Waals surface area contributed by atoms with Gasteiger partial charge in [-0.15, -0.1) is 0 Å². The molecular weight excluding hydrogens is 336 g/mol. The Morgan fingerprint density at radius 1 is 1.29 bits per heavy atom. The third-order valence-electron chi connectivity index (χ3n) is 3.25. The summed E-state index contributed by atoms with van der Waals surface area (Å²) in [4.78, 5) is 11.1. The van der Waals surface area contributed by atoms with E-state index in [-0.39, 0.29) is 17.2 Å². The Bertz CT molecular complexity index is 782. The number of anilines is 1. The summed E-state index contributed by atoms with van der Waals surface area (Å²) in [5.74, 6) is 0.253. The van der Waals surface area contributed by atoms with Gasteiger partial charge in [-0.05, 0) is 43.3 Å². The van der Waals surface area contributed by atoms with Gasteiger partial charge >= 0.3 is 6.09 Å². The van der Waals surface area contributed by atoms with Crippen molar-refractivity contribution in [3.63, 3.8) is 0 Å². The van der Waals surface area contributed by atoms with Crippen LogP contribution in [0.3, 0.4) is 0 Å². The number of benzene rings is 1. The number of nitrogens with one attached hydrogen (secondary N) is 2. The Morgan fingerprint density at radius 2 is 1.96 bits per heavy atom. The summed E-state index contributed by atoms with van der Waals surface area (Å²) in [7, 11) is -2.61. The first kappa shape index (κ1) is 18.0. The van der Waals surface area contributed by atoms with E-state index < -0.39 is 21.7 Å². The van der Waals surface area contributed by atoms with Crippen LogP contribution < -0.4 is 10.0 Å². The van der Waals surface area contributed by atoms with Crippen molar-refractivity contribution in [2.75, 3.05) is 19.0 Å². The molecule has 0 aliphatic heterocycles. The molecule has 0 saturated heterocycles. The standard InChI is InChI=1S/C15H18N2O6S/c1-15(19,13-4-3-9-23-13)10-16-24(20,21)12-7-5-11(6-8-12)17-14(18)22-2/h3-9,16,19H,10H2,1-2H3,(H,17,18)/t15-/m0/s1. The number of rotatable bonds is 6. The van der Waals surface area contributed by atoms with Crippen molar-refractivity contribution >= 4 is 21.8 Å². The van der Waals surface area contributed by atoms with Crippen molar-refractivity contribution in [1.82, 2.24) is 4.72 Å². The van der Waals surface area contributed by atoms with Crippen molar-refractivity contribution in [3.05, 3.63) is 48.4 Å². The summed E-state index contributed by atoms with van der Waals surface area (Å²) >= 11 is 0. The topological polar surface area (TPSA) is 118 Å². The van der Waals surface area contributed by atoms with Crippen LogP contribution in [0.1, 0.15) is 12.7 Å². The smallest absolute Gasteiger partial charge is 0.411 e. The number of methoxy groups -OCH3 is 1. The Hall–Kier alpha value is -2.36. The monoisotopic (exact) mass is 354 g/mol. The van der Waals surface area contributed by atoms with Gasteiger partial charge in [-0.3, -0.25) is 5.32 Å². The Labute approximate surface area is 139 Å². The number of ether oxygens (including phenoxy) is 1. The Kier molecular flexibility index (Phi) is 5.27. The molecule has 1 heterocycles. The highest BCUT2D eigenvalue weighted by atomic mass is 32.2. The van der Waals surface area contributed by atoms with Crippen molar-refractivity contribution < 1.29 is 27.5 Å². The molecule has 0 aliphatic rings. The molecule has 0 bridgehead atoms. The van der Waals surface area contributed by atoms with E-state index in [0.29, 0.717) is 5.69 Å². The van der Waals surface area contributed by atoms with Gasteiger partial charge in [-0.2, -0.15) is 0 Å². The molecule has 1 aromatic carbocycles. The largest absolute Gasteiger partial charge is 0.466 e. The molecule has 2 rings (SSSR count). The minimum absolute atomic E-state index is 0.00633. The summed E-state index contributed by atoms with van der Waals surface area (Å²) in [6.45, 7) is 1.18. The second-order valence-electron chi connectivity index (χ2n) is 5.22. The van der Waals surface area contributed by atoms with Crippen LogP contribution in [-0.2, 0) is 20.4 Å². The van der Waals surface area contributed by atoms with Crippen LogP contribution in [0.25, 0.3) is 0 Å². The number of aliphatic hydroxyl groups is 1. The molecule has 0 fully saturated rings. The van der Waals surface area contributed by atoms with Gasteiger partial charge in [0.15, 0.2) is 0 Å². The molecule has 130 valence electrons. The average molecular weight is 354 g/mol. The number of furan rings is 1. The molecule has 9 heteroatoms. The molecular formula is C15H18N2O6S. The Balaban J connectivity index is 2.06. The maximum absolute atomic E-state index is 12.3. The van der Waals surface area contributed by atoms with Gasteiger partial charge < -0.3 is 14.3 Å². The van der Waals surface area contributed by atoms with Gasteiger partial charge in [0.1, 0.15) is 11.4 Å². The van der Waals surface area contributed by atoms with Crippen LogP contribution in [-0.4, -0.2) is 33.3 Å². The van der Waals surface area contributed by atoms with Crippen LogP contribution >= 0.6 is 0 Å². The zero-order valence-electron chi connectivity index (χ0n) is 13.1. The molecule has 0 spiro atoms. The van der Waals surface area contributed by atoms with E-state index >= 15 is 0 Å². The molecule has 0 radical (unpaired) electrons. The van der Waals surface area contributed by atoms with Gasteiger partial charge in [-0.1, -0.05) is 0 Å². The highest BCUT2D eigenvalue weighted by molar-refractivity contribution is 7.89. The van der Waals surface area contributed by atoms with E-state index in [9.17, 15) is 18.3 Å². The number of hydrogen-bond acceptors (Lipinski definition) is 6. The first-order valence-corrected chi connectivity index (χ1v) is 8.44. The number of sulfonamides is 1. The maximum Gasteiger partial charge on any atom is 0.411 e. The van der Waals surface area contributed by atoms with Crippen LogP contribution in [0.2, 0.25) is 0 Å². The molecule has 1 atom stereocenters. The zero-order chi connectivity index (χ0) is 17.8. The highest BCUT2D eigenvalue weighted by Crippen LogP contribution is 2.21.